The van der Waals surface area contributed by atoms with E-state index in [1.54, 1.807) is 0 Å². The van der Waals surface area contributed by atoms with Crippen LogP contribution in [0.4, 0.5) is 0 Å². The summed E-state index contributed by atoms with van der Waals surface area (Å²) in [5, 5.41) is 3.48. The molecule has 0 saturated heterocycles. The van der Waals surface area contributed by atoms with E-state index in [-0.39, 0.29) is 5.54 Å². The van der Waals surface area contributed by atoms with Crippen LogP contribution < -0.4 is 11.1 Å². The molecule has 0 aromatic rings. The van der Waals surface area contributed by atoms with E-state index < -0.39 is 0 Å². The highest BCUT2D eigenvalue weighted by molar-refractivity contribution is 5.23. The first-order valence-corrected chi connectivity index (χ1v) is 6.38. The van der Waals surface area contributed by atoms with E-state index in [0.29, 0.717) is 0 Å². The van der Waals surface area contributed by atoms with Crippen molar-refractivity contribution in [2.75, 3.05) is 13.1 Å². The molecule has 0 aliphatic heterocycles. The summed E-state index contributed by atoms with van der Waals surface area (Å²) in [5.41, 5.74) is 9.08. The van der Waals surface area contributed by atoms with Crippen molar-refractivity contribution in [3.05, 3.63) is 23.3 Å². The Kier molecular flexibility index (Phi) is 5.23. The second-order valence-electron chi connectivity index (χ2n) is 5.27. The quantitative estimate of drug-likeness (QED) is 0.678. The largest absolute Gasteiger partial charge is 0.325 e. The Morgan fingerprint density at radius 1 is 1.38 bits per heavy atom. The standard InChI is InChI=1S/C14H26N2/c1-4-14(3,15)9-10-16-11-13-7-5-12(2)6-8-13/h5,7,16H,4,6,8-11,15H2,1-3H3. The normalized spacial score (nSPS) is 20.0. The van der Waals surface area contributed by atoms with Gasteiger partial charge in [-0.2, -0.15) is 0 Å². The van der Waals surface area contributed by atoms with Gasteiger partial charge in [0.1, 0.15) is 0 Å². The molecule has 0 bridgehead atoms. The molecule has 0 saturated carbocycles. The van der Waals surface area contributed by atoms with Gasteiger partial charge in [-0.3, -0.25) is 0 Å². The third-order valence-electron chi connectivity index (χ3n) is 3.48. The fraction of sp³-hybridized carbons (Fsp3) is 0.714. The second-order valence-corrected chi connectivity index (χ2v) is 5.27. The molecule has 16 heavy (non-hydrogen) atoms. The topological polar surface area (TPSA) is 38.0 Å². The van der Waals surface area contributed by atoms with Gasteiger partial charge in [0.15, 0.2) is 0 Å². The molecule has 1 atom stereocenters. The van der Waals surface area contributed by atoms with E-state index in [1.165, 1.54) is 24.0 Å². The van der Waals surface area contributed by atoms with Crippen LogP contribution in [0.2, 0.25) is 0 Å². The molecular weight excluding hydrogens is 196 g/mol. The average Bonchev–Trinajstić information content (AvgIpc) is 2.27. The highest BCUT2D eigenvalue weighted by Crippen LogP contribution is 2.16. The molecule has 1 rings (SSSR count). The molecule has 2 nitrogen and oxygen atoms in total. The number of nitrogens with two attached hydrogens (primary N) is 1. The highest BCUT2D eigenvalue weighted by atomic mass is 14.9. The van der Waals surface area contributed by atoms with Crippen molar-refractivity contribution >= 4 is 0 Å². The van der Waals surface area contributed by atoms with Gasteiger partial charge in [-0.1, -0.05) is 30.2 Å². The first kappa shape index (κ1) is 13.5. The molecule has 1 unspecified atom stereocenters. The Labute approximate surface area is 100.0 Å². The number of allylic oxidation sites excluding steroid dienone is 3. The molecule has 92 valence electrons. The zero-order valence-electron chi connectivity index (χ0n) is 11.0. The maximum atomic E-state index is 6.09. The lowest BCUT2D eigenvalue weighted by Crippen LogP contribution is -2.38. The Hall–Kier alpha value is -0.600. The molecule has 2 heteroatoms. The summed E-state index contributed by atoms with van der Waals surface area (Å²) in [6.07, 6.45) is 9.01. The van der Waals surface area contributed by atoms with E-state index in [4.69, 9.17) is 5.73 Å². The maximum Gasteiger partial charge on any atom is 0.0167 e. The maximum absolute atomic E-state index is 6.09. The van der Waals surface area contributed by atoms with Crippen molar-refractivity contribution in [1.29, 1.82) is 0 Å². The summed E-state index contributed by atoms with van der Waals surface area (Å²) in [5.74, 6) is 0. The number of rotatable bonds is 6. The summed E-state index contributed by atoms with van der Waals surface area (Å²) in [6, 6.07) is 0. The van der Waals surface area contributed by atoms with E-state index in [1.807, 2.05) is 0 Å². The van der Waals surface area contributed by atoms with Gasteiger partial charge in [0.25, 0.3) is 0 Å². The summed E-state index contributed by atoms with van der Waals surface area (Å²) in [4.78, 5) is 0. The smallest absolute Gasteiger partial charge is 0.0167 e. The van der Waals surface area contributed by atoms with Gasteiger partial charge in [-0.25, -0.2) is 0 Å². The lowest BCUT2D eigenvalue weighted by Gasteiger charge is -2.23. The predicted molar refractivity (Wildman–Crippen MR) is 71.4 cm³/mol. The molecule has 0 aromatic carbocycles. The van der Waals surface area contributed by atoms with Crippen LogP contribution in [0.5, 0.6) is 0 Å². The Balaban J connectivity index is 2.17. The molecule has 1 aliphatic carbocycles. The van der Waals surface area contributed by atoms with Gasteiger partial charge in [0.2, 0.25) is 0 Å². The second kappa shape index (κ2) is 6.21. The van der Waals surface area contributed by atoms with Crippen LogP contribution in [0.1, 0.15) is 46.5 Å². The van der Waals surface area contributed by atoms with Crippen molar-refractivity contribution in [2.24, 2.45) is 5.73 Å². The zero-order chi connectivity index (χ0) is 12.0. The first-order valence-electron chi connectivity index (χ1n) is 6.38. The molecule has 0 aromatic heterocycles. The minimum atomic E-state index is -0.00949. The van der Waals surface area contributed by atoms with Gasteiger partial charge >= 0.3 is 0 Å². The Morgan fingerprint density at radius 3 is 2.69 bits per heavy atom. The molecule has 0 heterocycles. The molecule has 1 aliphatic rings. The molecule has 0 radical (unpaired) electrons. The molecule has 0 fully saturated rings. The van der Waals surface area contributed by atoms with Crippen LogP contribution >= 0.6 is 0 Å². The van der Waals surface area contributed by atoms with Crippen LogP contribution in [-0.4, -0.2) is 18.6 Å². The van der Waals surface area contributed by atoms with Gasteiger partial charge in [-0.15, -0.1) is 0 Å². The van der Waals surface area contributed by atoms with Crippen molar-refractivity contribution in [2.45, 2.75) is 52.0 Å². The van der Waals surface area contributed by atoms with Crippen LogP contribution in [0, 0.1) is 0 Å². The van der Waals surface area contributed by atoms with Crippen LogP contribution in [0.15, 0.2) is 23.3 Å². The Morgan fingerprint density at radius 2 is 2.12 bits per heavy atom. The SMILES string of the molecule is CCC(C)(N)CCNCC1=CC=C(C)CC1. The molecule has 0 spiro atoms. The van der Waals surface area contributed by atoms with Crippen molar-refractivity contribution in [1.82, 2.24) is 5.32 Å². The van der Waals surface area contributed by atoms with Gasteiger partial charge in [0, 0.05) is 12.1 Å². The number of hydrogen-bond acceptors (Lipinski definition) is 2. The lowest BCUT2D eigenvalue weighted by atomic mass is 9.96. The zero-order valence-corrected chi connectivity index (χ0v) is 11.0. The number of hydrogen-bond donors (Lipinski definition) is 2. The minimum absolute atomic E-state index is 0.00949. The van der Waals surface area contributed by atoms with Crippen molar-refractivity contribution < 1.29 is 0 Å². The third kappa shape index (κ3) is 4.95. The average molecular weight is 222 g/mol. The molecule has 0 amide bonds. The summed E-state index contributed by atoms with van der Waals surface area (Å²) in [7, 11) is 0. The Bertz CT molecular complexity index is 274. The summed E-state index contributed by atoms with van der Waals surface area (Å²) in [6.45, 7) is 8.50. The van der Waals surface area contributed by atoms with Gasteiger partial charge in [0.05, 0.1) is 0 Å². The fourth-order valence-corrected chi connectivity index (χ4v) is 1.73. The summed E-state index contributed by atoms with van der Waals surface area (Å²) < 4.78 is 0. The fourth-order valence-electron chi connectivity index (χ4n) is 1.73. The minimum Gasteiger partial charge on any atom is -0.325 e. The van der Waals surface area contributed by atoms with Crippen LogP contribution in [-0.2, 0) is 0 Å². The monoisotopic (exact) mass is 222 g/mol. The third-order valence-corrected chi connectivity index (χ3v) is 3.48. The van der Waals surface area contributed by atoms with Crippen LogP contribution in [0.25, 0.3) is 0 Å². The number of nitrogens with one attached hydrogen (secondary N) is 1. The summed E-state index contributed by atoms with van der Waals surface area (Å²) >= 11 is 0. The van der Waals surface area contributed by atoms with Crippen molar-refractivity contribution in [3.8, 4) is 0 Å². The van der Waals surface area contributed by atoms with E-state index in [0.717, 1.165) is 25.9 Å². The highest BCUT2D eigenvalue weighted by Gasteiger charge is 2.14. The molecular formula is C14H26N2. The lowest BCUT2D eigenvalue weighted by molar-refractivity contribution is 0.408. The molecule has 3 N–H and O–H groups in total. The van der Waals surface area contributed by atoms with E-state index >= 15 is 0 Å². The van der Waals surface area contributed by atoms with Gasteiger partial charge in [-0.05, 0) is 46.1 Å². The van der Waals surface area contributed by atoms with Crippen LogP contribution in [0.3, 0.4) is 0 Å². The van der Waals surface area contributed by atoms with E-state index in [2.05, 4.69) is 38.2 Å². The van der Waals surface area contributed by atoms with Gasteiger partial charge < -0.3 is 11.1 Å². The van der Waals surface area contributed by atoms with E-state index in [9.17, 15) is 0 Å². The predicted octanol–water partition coefficient (Wildman–Crippen LogP) is 2.76. The van der Waals surface area contributed by atoms with Crippen molar-refractivity contribution in [3.63, 3.8) is 0 Å². The first-order chi connectivity index (χ1) is 7.53.